The Morgan fingerprint density at radius 3 is 2.81 bits per heavy atom. The first kappa shape index (κ1) is 17.4. The second kappa shape index (κ2) is 8.61. The monoisotopic (exact) mass is 314 g/mol. The van der Waals surface area contributed by atoms with Crippen molar-refractivity contribution in [3.63, 3.8) is 0 Å². The first-order valence-corrected chi connectivity index (χ1v) is 6.76. The van der Waals surface area contributed by atoms with Crippen LogP contribution in [-0.4, -0.2) is 61.8 Å². The Morgan fingerprint density at radius 2 is 2.19 bits per heavy atom. The summed E-state index contributed by atoms with van der Waals surface area (Å²) in [5.41, 5.74) is 0.386. The second-order valence-electron chi connectivity index (χ2n) is 4.58. The van der Waals surface area contributed by atoms with Crippen LogP contribution in [0.4, 0.5) is 0 Å². The second-order valence-corrected chi connectivity index (χ2v) is 5.01. The molecular weight excluding hydrogens is 296 g/mol. The van der Waals surface area contributed by atoms with E-state index in [-0.39, 0.29) is 31.5 Å². The zero-order chi connectivity index (χ0) is 15.8. The van der Waals surface area contributed by atoms with Crippen LogP contribution in [0.3, 0.4) is 0 Å². The van der Waals surface area contributed by atoms with Crippen molar-refractivity contribution in [2.75, 3.05) is 33.9 Å². The number of nitrogens with zero attached hydrogens (tertiary/aromatic N) is 1. The van der Waals surface area contributed by atoms with Crippen molar-refractivity contribution in [2.45, 2.75) is 6.10 Å². The van der Waals surface area contributed by atoms with Crippen LogP contribution in [0.15, 0.2) is 24.3 Å². The van der Waals surface area contributed by atoms with E-state index in [9.17, 15) is 14.7 Å². The highest BCUT2D eigenvalue weighted by Gasteiger charge is 2.15. The molecule has 6 nitrogen and oxygen atoms in total. The summed E-state index contributed by atoms with van der Waals surface area (Å²) in [6.45, 7) is 0.133. The number of ether oxygens (including phenoxy) is 1. The van der Waals surface area contributed by atoms with E-state index >= 15 is 0 Å². The average Bonchev–Trinajstić information content (AvgIpc) is 2.44. The fraction of sp³-hybridized carbons (Fsp3) is 0.429. The van der Waals surface area contributed by atoms with E-state index in [4.69, 9.17) is 16.3 Å². The molecule has 0 saturated carbocycles. The predicted octanol–water partition coefficient (Wildman–Crippen LogP) is 0.536. The van der Waals surface area contributed by atoms with Crippen LogP contribution in [0.25, 0.3) is 0 Å². The molecular formula is C14H19ClN2O4. The highest BCUT2D eigenvalue weighted by Crippen LogP contribution is 2.10. The molecule has 7 heteroatoms. The lowest BCUT2D eigenvalue weighted by Gasteiger charge is -2.20. The Morgan fingerprint density at radius 1 is 1.48 bits per heavy atom. The van der Waals surface area contributed by atoms with Gasteiger partial charge >= 0.3 is 0 Å². The van der Waals surface area contributed by atoms with Crippen LogP contribution in [0, 0.1) is 0 Å². The Hall–Kier alpha value is -1.63. The van der Waals surface area contributed by atoms with Crippen molar-refractivity contribution in [2.24, 2.45) is 0 Å². The maximum atomic E-state index is 11.8. The lowest BCUT2D eigenvalue weighted by atomic mass is 10.2. The number of halogens is 1. The maximum Gasteiger partial charge on any atom is 0.251 e. The molecule has 0 spiro atoms. The smallest absolute Gasteiger partial charge is 0.251 e. The molecule has 0 aromatic heterocycles. The maximum absolute atomic E-state index is 11.8. The van der Waals surface area contributed by atoms with E-state index in [0.29, 0.717) is 10.6 Å². The van der Waals surface area contributed by atoms with Crippen molar-refractivity contribution < 1.29 is 19.4 Å². The van der Waals surface area contributed by atoms with Gasteiger partial charge in [0, 0.05) is 31.3 Å². The fourth-order valence-electron chi connectivity index (χ4n) is 1.69. The lowest BCUT2D eigenvalue weighted by molar-refractivity contribution is -0.130. The van der Waals surface area contributed by atoms with Gasteiger partial charge in [-0.1, -0.05) is 17.7 Å². The number of benzene rings is 1. The van der Waals surface area contributed by atoms with Crippen molar-refractivity contribution >= 4 is 23.4 Å². The molecule has 2 N–H and O–H groups in total. The van der Waals surface area contributed by atoms with Gasteiger partial charge in [0.15, 0.2) is 0 Å². The van der Waals surface area contributed by atoms with Crippen molar-refractivity contribution in [1.82, 2.24) is 10.2 Å². The molecule has 0 radical (unpaired) electrons. The number of nitrogens with one attached hydrogen (secondary N) is 1. The number of aliphatic hydroxyl groups is 1. The third kappa shape index (κ3) is 6.12. The third-order valence-corrected chi connectivity index (χ3v) is 2.99. The van der Waals surface area contributed by atoms with Gasteiger partial charge < -0.3 is 20.1 Å². The van der Waals surface area contributed by atoms with Crippen LogP contribution in [0.1, 0.15) is 10.4 Å². The minimum Gasteiger partial charge on any atom is -0.389 e. The Labute approximate surface area is 128 Å². The van der Waals surface area contributed by atoms with Gasteiger partial charge in [-0.05, 0) is 18.2 Å². The summed E-state index contributed by atoms with van der Waals surface area (Å²) in [5, 5.41) is 12.5. The van der Waals surface area contributed by atoms with E-state index in [0.717, 1.165) is 0 Å². The number of carbonyl (C=O) groups is 2. The standard InChI is InChI=1S/C14H19ClN2O4/c1-17(8-12(18)9-21-2)13(19)7-16-14(20)10-4-3-5-11(15)6-10/h3-6,12,18H,7-9H2,1-2H3,(H,16,20). The molecule has 0 saturated heterocycles. The number of rotatable bonds is 7. The summed E-state index contributed by atoms with van der Waals surface area (Å²) in [6.07, 6.45) is -0.757. The zero-order valence-corrected chi connectivity index (χ0v) is 12.8. The molecule has 116 valence electrons. The highest BCUT2D eigenvalue weighted by molar-refractivity contribution is 6.30. The number of likely N-dealkylation sites (N-methyl/N-ethyl adjacent to an activating group) is 1. The highest BCUT2D eigenvalue weighted by atomic mass is 35.5. The fourth-order valence-corrected chi connectivity index (χ4v) is 1.88. The molecule has 1 aromatic carbocycles. The molecule has 0 heterocycles. The number of carbonyl (C=O) groups excluding carboxylic acids is 2. The van der Waals surface area contributed by atoms with Gasteiger partial charge in [-0.15, -0.1) is 0 Å². The molecule has 1 rings (SSSR count). The summed E-state index contributed by atoms with van der Waals surface area (Å²) in [5.74, 6) is -0.683. The Kier molecular flexibility index (Phi) is 7.14. The number of amides is 2. The molecule has 1 unspecified atom stereocenters. The summed E-state index contributed by atoms with van der Waals surface area (Å²) in [7, 11) is 3.02. The van der Waals surface area contributed by atoms with Crippen molar-refractivity contribution in [3.05, 3.63) is 34.9 Å². The largest absolute Gasteiger partial charge is 0.389 e. The summed E-state index contributed by atoms with van der Waals surface area (Å²) in [4.78, 5) is 25.0. The quantitative estimate of drug-likeness (QED) is 0.770. The van der Waals surface area contributed by atoms with E-state index < -0.39 is 6.10 Å². The van der Waals surface area contributed by atoms with Gasteiger partial charge in [-0.3, -0.25) is 9.59 Å². The van der Waals surface area contributed by atoms with E-state index in [1.54, 1.807) is 25.2 Å². The van der Waals surface area contributed by atoms with E-state index in [1.165, 1.54) is 18.1 Å². The van der Waals surface area contributed by atoms with Crippen LogP contribution in [0.2, 0.25) is 5.02 Å². The SMILES string of the molecule is COCC(O)CN(C)C(=O)CNC(=O)c1cccc(Cl)c1. The van der Waals surface area contributed by atoms with Crippen LogP contribution < -0.4 is 5.32 Å². The number of hydrogen-bond donors (Lipinski definition) is 2. The van der Waals surface area contributed by atoms with Crippen LogP contribution in [0.5, 0.6) is 0 Å². The predicted molar refractivity (Wildman–Crippen MR) is 79.3 cm³/mol. The summed E-state index contributed by atoms with van der Waals surface area (Å²) < 4.78 is 4.78. The first-order valence-electron chi connectivity index (χ1n) is 6.38. The van der Waals surface area contributed by atoms with Gasteiger partial charge in [0.25, 0.3) is 5.91 Å². The number of aliphatic hydroxyl groups excluding tert-OH is 1. The molecule has 0 aliphatic heterocycles. The molecule has 1 atom stereocenters. The van der Waals surface area contributed by atoms with Gasteiger partial charge in [-0.25, -0.2) is 0 Å². The topological polar surface area (TPSA) is 78.9 Å². The average molecular weight is 315 g/mol. The van der Waals surface area contributed by atoms with E-state index in [1.807, 2.05) is 0 Å². The van der Waals surface area contributed by atoms with Gasteiger partial charge in [-0.2, -0.15) is 0 Å². The molecule has 21 heavy (non-hydrogen) atoms. The summed E-state index contributed by atoms with van der Waals surface area (Å²) in [6, 6.07) is 6.45. The van der Waals surface area contributed by atoms with Crippen molar-refractivity contribution in [1.29, 1.82) is 0 Å². The minimum atomic E-state index is -0.757. The molecule has 1 aromatic rings. The Balaban J connectivity index is 2.43. The molecule has 2 amide bonds. The van der Waals surface area contributed by atoms with Gasteiger partial charge in [0.1, 0.15) is 0 Å². The Bertz CT molecular complexity index is 496. The molecule has 0 aliphatic rings. The first-order chi connectivity index (χ1) is 9.93. The third-order valence-electron chi connectivity index (χ3n) is 2.76. The molecule has 0 aliphatic carbocycles. The number of methoxy groups -OCH3 is 1. The molecule has 0 fully saturated rings. The molecule has 0 bridgehead atoms. The summed E-state index contributed by atoms with van der Waals surface area (Å²) >= 11 is 5.79. The number of hydrogen-bond acceptors (Lipinski definition) is 4. The van der Waals surface area contributed by atoms with Crippen molar-refractivity contribution in [3.8, 4) is 0 Å². The lowest BCUT2D eigenvalue weighted by Crippen LogP contribution is -2.42. The van der Waals surface area contributed by atoms with E-state index in [2.05, 4.69) is 5.32 Å². The van der Waals surface area contributed by atoms with Gasteiger partial charge in [0.2, 0.25) is 5.91 Å². The van der Waals surface area contributed by atoms with Gasteiger partial charge in [0.05, 0.1) is 19.3 Å². The minimum absolute atomic E-state index is 0.139. The zero-order valence-electron chi connectivity index (χ0n) is 12.0. The normalized spacial score (nSPS) is 11.8. The van der Waals surface area contributed by atoms with Crippen LogP contribution in [-0.2, 0) is 9.53 Å². The van der Waals surface area contributed by atoms with Crippen LogP contribution >= 0.6 is 11.6 Å².